The van der Waals surface area contributed by atoms with Crippen molar-refractivity contribution < 1.29 is 31.1 Å². The average Bonchev–Trinajstić information content (AvgIpc) is 3.52. The number of ether oxygens (including phenoxy) is 1. The number of hydrogen-bond donors (Lipinski definition) is 0. The largest absolute Gasteiger partial charge is 0.573 e. The maximum Gasteiger partial charge on any atom is 0.431 e. The quantitative estimate of drug-likeness (QED) is 0.171. The summed E-state index contributed by atoms with van der Waals surface area (Å²) in [4.78, 5) is 4.18. The molecule has 6 nitrogen and oxygen atoms in total. The van der Waals surface area contributed by atoms with Crippen molar-refractivity contribution in [2.75, 3.05) is 6.61 Å². The smallest absolute Gasteiger partial charge is 0.431 e. The van der Waals surface area contributed by atoms with E-state index in [2.05, 4.69) is 39.2 Å². The molecule has 0 aliphatic heterocycles. The van der Waals surface area contributed by atoms with Crippen LogP contribution in [0.25, 0.3) is 22.8 Å². The fourth-order valence-electron chi connectivity index (χ4n) is 3.92. The highest BCUT2D eigenvalue weighted by Crippen LogP contribution is 2.34. The number of aromatic nitrogens is 5. The van der Waals surface area contributed by atoms with Gasteiger partial charge in [-0.3, -0.25) is 4.98 Å². The average molecular weight is 530 g/mol. The van der Waals surface area contributed by atoms with Gasteiger partial charge in [0.2, 0.25) is 0 Å². The summed E-state index contributed by atoms with van der Waals surface area (Å²) in [6.07, 6.45) is -0.874. The molecule has 0 radical (unpaired) electrons. The molecule has 37 heavy (non-hydrogen) atoms. The van der Waals surface area contributed by atoms with E-state index in [9.17, 15) is 26.3 Å². The third-order valence-corrected chi connectivity index (χ3v) is 5.96. The number of pyridine rings is 1. The summed E-state index contributed by atoms with van der Waals surface area (Å²) in [7, 11) is 0. The molecule has 1 unspecified atom stereocenters. The number of rotatable bonds is 13. The van der Waals surface area contributed by atoms with Crippen molar-refractivity contribution in [1.82, 2.24) is 25.4 Å². The topological polar surface area (TPSA) is 76.1 Å². The summed E-state index contributed by atoms with van der Waals surface area (Å²) >= 11 is 0. The standard InChI is InChI=1S/C25H29F6N5O/c1-3-5-7-9-16(8-6-4-2)10-11-37-17-12-18(20-14-22(35-33-20)24(26,27)28)32-19(13-17)21-15-23(36-34-21)25(29,30)31/h12-16H,3-11H2,1-2H3/q-2. The van der Waals surface area contributed by atoms with E-state index in [4.69, 9.17) is 4.74 Å². The first kappa shape index (κ1) is 28.5. The molecule has 0 spiro atoms. The molecule has 0 aromatic carbocycles. The van der Waals surface area contributed by atoms with Gasteiger partial charge in [0.05, 0.1) is 18.0 Å². The molecule has 0 saturated carbocycles. The van der Waals surface area contributed by atoms with E-state index in [-0.39, 0.29) is 28.5 Å². The number of alkyl halides is 6. The Labute approximate surface area is 211 Å². The molecule has 0 aliphatic rings. The highest BCUT2D eigenvalue weighted by molar-refractivity contribution is 5.65. The Hall–Kier alpha value is -3.05. The van der Waals surface area contributed by atoms with Crippen LogP contribution in [0, 0.1) is 5.92 Å². The molecular weight excluding hydrogens is 500 g/mol. The molecule has 0 aliphatic carbocycles. The van der Waals surface area contributed by atoms with Crippen LogP contribution in [-0.2, 0) is 12.4 Å². The Bertz CT molecular complexity index is 1050. The van der Waals surface area contributed by atoms with Crippen LogP contribution in [0.4, 0.5) is 26.3 Å². The van der Waals surface area contributed by atoms with Gasteiger partial charge in [0.1, 0.15) is 17.1 Å². The first-order valence-corrected chi connectivity index (χ1v) is 12.3. The monoisotopic (exact) mass is 529 g/mol. The van der Waals surface area contributed by atoms with E-state index in [0.29, 0.717) is 12.5 Å². The molecule has 0 saturated heterocycles. The van der Waals surface area contributed by atoms with Gasteiger partial charge in [-0.15, -0.1) is 0 Å². The van der Waals surface area contributed by atoms with E-state index in [0.717, 1.165) is 63.5 Å². The summed E-state index contributed by atoms with van der Waals surface area (Å²) in [6, 6.07) is 4.24. The van der Waals surface area contributed by atoms with Crippen LogP contribution in [-0.4, -0.2) is 21.8 Å². The molecule has 1 atom stereocenters. The minimum atomic E-state index is -4.70. The molecular formula is C25H29F6N5O-2. The van der Waals surface area contributed by atoms with Crippen LogP contribution in [0.2, 0.25) is 0 Å². The molecule has 12 heteroatoms. The second-order valence-corrected chi connectivity index (χ2v) is 8.94. The van der Waals surface area contributed by atoms with Crippen molar-refractivity contribution in [2.45, 2.75) is 77.6 Å². The predicted octanol–water partition coefficient (Wildman–Crippen LogP) is 7.31. The fourth-order valence-corrected chi connectivity index (χ4v) is 3.92. The third kappa shape index (κ3) is 8.22. The zero-order chi connectivity index (χ0) is 27.1. The Morgan fingerprint density at radius 1 is 0.730 bits per heavy atom. The number of unbranched alkanes of at least 4 members (excludes halogenated alkanes) is 3. The second-order valence-electron chi connectivity index (χ2n) is 8.94. The summed E-state index contributed by atoms with van der Waals surface area (Å²) in [5.74, 6) is 0.703. The molecule has 3 aromatic rings. The van der Waals surface area contributed by atoms with Gasteiger partial charge in [-0.25, -0.2) is 0 Å². The van der Waals surface area contributed by atoms with Gasteiger partial charge < -0.3 is 25.1 Å². The van der Waals surface area contributed by atoms with Gasteiger partial charge in [-0.05, 0) is 24.5 Å². The fraction of sp³-hybridized carbons (Fsp3) is 0.560. The Kier molecular flexibility index (Phi) is 9.61. The van der Waals surface area contributed by atoms with Crippen LogP contribution >= 0.6 is 0 Å². The third-order valence-electron chi connectivity index (χ3n) is 5.96. The summed E-state index contributed by atoms with van der Waals surface area (Å²) in [5.41, 5.74) is -2.83. The van der Waals surface area contributed by atoms with Crippen molar-refractivity contribution in [3.05, 3.63) is 35.7 Å². The molecule has 0 fully saturated rings. The first-order chi connectivity index (χ1) is 17.5. The lowest BCUT2D eigenvalue weighted by molar-refractivity contribution is -0.142. The lowest BCUT2D eigenvalue weighted by Gasteiger charge is -2.18. The molecule has 0 bridgehead atoms. The highest BCUT2D eigenvalue weighted by atomic mass is 19.4. The van der Waals surface area contributed by atoms with Gasteiger partial charge >= 0.3 is 12.4 Å². The number of hydrogen-bond acceptors (Lipinski definition) is 4. The SMILES string of the molecule is CCCCCC(CCCC)CCOc1cc(-c2cc(C(F)(F)F)n[n-]2)nc(-c2cc(C(F)(F)F)n[n-]2)c1. The Morgan fingerprint density at radius 3 is 1.70 bits per heavy atom. The Morgan fingerprint density at radius 2 is 1.24 bits per heavy atom. The minimum absolute atomic E-state index is 0.0301. The first-order valence-electron chi connectivity index (χ1n) is 12.3. The van der Waals surface area contributed by atoms with E-state index < -0.39 is 23.7 Å². The highest BCUT2D eigenvalue weighted by Gasteiger charge is 2.32. The summed E-state index contributed by atoms with van der Waals surface area (Å²) in [5, 5.41) is 13.4. The molecule has 3 rings (SSSR count). The van der Waals surface area contributed by atoms with E-state index in [1.165, 1.54) is 12.1 Å². The van der Waals surface area contributed by atoms with Crippen LogP contribution in [0.3, 0.4) is 0 Å². The summed E-state index contributed by atoms with van der Waals surface area (Å²) < 4.78 is 84.1. The van der Waals surface area contributed by atoms with Crippen LogP contribution in [0.15, 0.2) is 24.3 Å². The normalized spacial score (nSPS) is 13.2. The van der Waals surface area contributed by atoms with Gasteiger partial charge in [0.25, 0.3) is 0 Å². The Balaban J connectivity index is 1.85. The van der Waals surface area contributed by atoms with E-state index >= 15 is 0 Å². The lowest BCUT2D eigenvalue weighted by atomic mass is 9.93. The van der Waals surface area contributed by atoms with Gasteiger partial charge in [-0.2, -0.15) is 26.3 Å². The van der Waals surface area contributed by atoms with Crippen molar-refractivity contribution in [3.63, 3.8) is 0 Å². The van der Waals surface area contributed by atoms with Crippen molar-refractivity contribution >= 4 is 0 Å². The predicted molar refractivity (Wildman–Crippen MR) is 125 cm³/mol. The lowest BCUT2D eigenvalue weighted by Crippen LogP contribution is -2.08. The molecule has 0 N–H and O–H groups in total. The van der Waals surface area contributed by atoms with E-state index in [1.807, 2.05) is 0 Å². The van der Waals surface area contributed by atoms with Crippen LogP contribution in [0.1, 0.15) is 76.6 Å². The molecule has 3 heterocycles. The zero-order valence-electron chi connectivity index (χ0n) is 20.7. The second kappa shape index (κ2) is 12.5. The maximum absolute atomic E-state index is 13.0. The van der Waals surface area contributed by atoms with Crippen molar-refractivity contribution in [1.29, 1.82) is 0 Å². The van der Waals surface area contributed by atoms with Gasteiger partial charge in [-0.1, -0.05) is 70.2 Å². The molecule has 0 amide bonds. The number of halogens is 6. The van der Waals surface area contributed by atoms with Gasteiger partial charge in [0.15, 0.2) is 0 Å². The maximum atomic E-state index is 13.0. The summed E-state index contributed by atoms with van der Waals surface area (Å²) in [6.45, 7) is 4.61. The zero-order valence-corrected chi connectivity index (χ0v) is 20.7. The van der Waals surface area contributed by atoms with Crippen molar-refractivity contribution in [3.8, 4) is 28.5 Å². The molecule has 3 aromatic heterocycles. The van der Waals surface area contributed by atoms with Gasteiger partial charge in [0, 0.05) is 12.1 Å². The van der Waals surface area contributed by atoms with E-state index in [1.54, 1.807) is 0 Å². The van der Waals surface area contributed by atoms with Crippen LogP contribution < -0.4 is 14.9 Å². The minimum Gasteiger partial charge on any atom is -0.573 e. The number of nitrogens with zero attached hydrogens (tertiary/aromatic N) is 5. The van der Waals surface area contributed by atoms with Crippen molar-refractivity contribution in [2.24, 2.45) is 5.92 Å². The van der Waals surface area contributed by atoms with Crippen LogP contribution in [0.5, 0.6) is 5.75 Å². The molecule has 204 valence electrons.